The SMILES string of the molecule is CC(=O)c1cccc(NC(=O)C[NH+](C)Cc2cccc(Cl)c2)c1. The minimum atomic E-state index is -0.0924. The van der Waals surface area contributed by atoms with Crippen LogP contribution in [0.2, 0.25) is 5.02 Å². The second-order valence-electron chi connectivity index (χ2n) is 5.63. The quantitative estimate of drug-likeness (QED) is 0.797. The van der Waals surface area contributed by atoms with Gasteiger partial charge in [-0.05, 0) is 31.2 Å². The van der Waals surface area contributed by atoms with Crippen molar-refractivity contribution in [3.8, 4) is 0 Å². The molecule has 0 aromatic heterocycles. The Balaban J connectivity index is 1.91. The van der Waals surface area contributed by atoms with E-state index in [-0.39, 0.29) is 11.7 Å². The van der Waals surface area contributed by atoms with E-state index in [1.54, 1.807) is 24.3 Å². The van der Waals surface area contributed by atoms with Crippen molar-refractivity contribution < 1.29 is 14.5 Å². The molecule has 2 aromatic carbocycles. The molecule has 2 N–H and O–H groups in total. The molecule has 0 aliphatic heterocycles. The number of quaternary nitrogens is 1. The van der Waals surface area contributed by atoms with Crippen LogP contribution in [0.4, 0.5) is 5.69 Å². The van der Waals surface area contributed by atoms with E-state index in [1.807, 2.05) is 31.3 Å². The molecule has 5 heteroatoms. The highest BCUT2D eigenvalue weighted by Crippen LogP contribution is 2.11. The Labute approximate surface area is 141 Å². The molecule has 0 saturated heterocycles. The predicted octanol–water partition coefficient (Wildman–Crippen LogP) is 2.20. The van der Waals surface area contributed by atoms with Crippen molar-refractivity contribution >= 4 is 29.0 Å². The second kappa shape index (κ2) is 7.90. The largest absolute Gasteiger partial charge is 0.326 e. The van der Waals surface area contributed by atoms with Crippen LogP contribution in [0.25, 0.3) is 0 Å². The highest BCUT2D eigenvalue weighted by Gasteiger charge is 2.11. The Hall–Kier alpha value is -2.17. The van der Waals surface area contributed by atoms with Crippen molar-refractivity contribution in [2.45, 2.75) is 13.5 Å². The van der Waals surface area contributed by atoms with Crippen molar-refractivity contribution in [1.82, 2.24) is 0 Å². The third-order valence-electron chi connectivity index (χ3n) is 3.41. The fraction of sp³-hybridized carbons (Fsp3) is 0.222. The first-order chi connectivity index (χ1) is 10.9. The van der Waals surface area contributed by atoms with E-state index in [4.69, 9.17) is 11.6 Å². The van der Waals surface area contributed by atoms with E-state index < -0.39 is 0 Å². The molecule has 0 aliphatic carbocycles. The minimum absolute atomic E-state index is 0.0233. The van der Waals surface area contributed by atoms with Gasteiger partial charge < -0.3 is 10.2 Å². The number of carbonyl (C=O) groups excluding carboxylic acids is 2. The van der Waals surface area contributed by atoms with Gasteiger partial charge in [-0.25, -0.2) is 0 Å². The Morgan fingerprint density at radius 2 is 1.87 bits per heavy atom. The van der Waals surface area contributed by atoms with Gasteiger partial charge in [-0.1, -0.05) is 35.9 Å². The smallest absolute Gasteiger partial charge is 0.279 e. The van der Waals surface area contributed by atoms with Gasteiger partial charge in [-0.3, -0.25) is 9.59 Å². The van der Waals surface area contributed by atoms with Gasteiger partial charge >= 0.3 is 0 Å². The average Bonchev–Trinajstić information content (AvgIpc) is 2.47. The number of likely N-dealkylation sites (N-methyl/N-ethyl adjacent to an activating group) is 1. The van der Waals surface area contributed by atoms with Crippen molar-refractivity contribution in [3.05, 3.63) is 64.7 Å². The maximum absolute atomic E-state index is 12.1. The summed E-state index contributed by atoms with van der Waals surface area (Å²) in [7, 11) is 1.95. The number of halogens is 1. The summed E-state index contributed by atoms with van der Waals surface area (Å²) in [4.78, 5) is 24.5. The molecule has 1 unspecified atom stereocenters. The molecular weight excluding hydrogens is 312 g/mol. The van der Waals surface area contributed by atoms with Crippen molar-refractivity contribution in [3.63, 3.8) is 0 Å². The summed E-state index contributed by atoms with van der Waals surface area (Å²) in [5, 5.41) is 3.52. The molecule has 1 amide bonds. The lowest BCUT2D eigenvalue weighted by Gasteiger charge is -2.14. The van der Waals surface area contributed by atoms with Crippen LogP contribution in [0.5, 0.6) is 0 Å². The van der Waals surface area contributed by atoms with E-state index in [9.17, 15) is 9.59 Å². The van der Waals surface area contributed by atoms with Crippen molar-refractivity contribution in [2.75, 3.05) is 18.9 Å². The van der Waals surface area contributed by atoms with Gasteiger partial charge in [0.25, 0.3) is 5.91 Å². The van der Waals surface area contributed by atoms with Gasteiger partial charge in [0.2, 0.25) is 0 Å². The Bertz CT molecular complexity index is 716. The van der Waals surface area contributed by atoms with E-state index in [2.05, 4.69) is 5.32 Å². The molecule has 120 valence electrons. The summed E-state index contributed by atoms with van der Waals surface area (Å²) < 4.78 is 0. The minimum Gasteiger partial charge on any atom is -0.326 e. The van der Waals surface area contributed by atoms with Crippen LogP contribution < -0.4 is 10.2 Å². The predicted molar refractivity (Wildman–Crippen MR) is 92.0 cm³/mol. The standard InChI is InChI=1S/C18H19ClN2O2/c1-13(22)15-6-4-8-17(10-15)20-18(23)12-21(2)11-14-5-3-7-16(19)9-14/h3-10H,11-12H2,1-2H3,(H,20,23)/p+1. The Morgan fingerprint density at radius 3 is 2.57 bits per heavy atom. The fourth-order valence-corrected chi connectivity index (χ4v) is 2.57. The number of nitrogens with one attached hydrogen (secondary N) is 2. The Morgan fingerprint density at radius 1 is 1.13 bits per heavy atom. The molecule has 0 fully saturated rings. The number of benzene rings is 2. The molecule has 0 radical (unpaired) electrons. The molecular formula is C18H20ClN2O2+. The average molecular weight is 332 g/mol. The third kappa shape index (κ3) is 5.51. The first-order valence-corrected chi connectivity index (χ1v) is 7.78. The van der Waals surface area contributed by atoms with E-state index in [0.717, 1.165) is 10.5 Å². The molecule has 23 heavy (non-hydrogen) atoms. The molecule has 0 bridgehead atoms. The first-order valence-electron chi connectivity index (χ1n) is 7.40. The molecule has 4 nitrogen and oxygen atoms in total. The van der Waals surface area contributed by atoms with Gasteiger partial charge in [0.1, 0.15) is 6.54 Å². The number of amides is 1. The molecule has 0 spiro atoms. The highest BCUT2D eigenvalue weighted by atomic mass is 35.5. The number of rotatable bonds is 6. The van der Waals surface area contributed by atoms with Gasteiger partial charge in [-0.2, -0.15) is 0 Å². The zero-order valence-corrected chi connectivity index (χ0v) is 14.0. The summed E-state index contributed by atoms with van der Waals surface area (Å²) in [6, 6.07) is 14.6. The number of hydrogen-bond acceptors (Lipinski definition) is 2. The monoisotopic (exact) mass is 331 g/mol. The van der Waals surface area contributed by atoms with Crippen LogP contribution in [0, 0.1) is 0 Å². The lowest BCUT2D eigenvalue weighted by atomic mass is 10.1. The number of carbonyl (C=O) groups is 2. The van der Waals surface area contributed by atoms with Gasteiger partial charge in [-0.15, -0.1) is 0 Å². The van der Waals surface area contributed by atoms with Crippen LogP contribution in [-0.2, 0) is 11.3 Å². The van der Waals surface area contributed by atoms with Crippen LogP contribution in [-0.4, -0.2) is 25.3 Å². The lowest BCUT2D eigenvalue weighted by molar-refractivity contribution is -0.885. The first kappa shape index (κ1) is 17.2. The summed E-state index contributed by atoms with van der Waals surface area (Å²) >= 11 is 5.97. The summed E-state index contributed by atoms with van der Waals surface area (Å²) in [6.45, 7) is 2.54. The lowest BCUT2D eigenvalue weighted by Crippen LogP contribution is -3.08. The Kier molecular flexibility index (Phi) is 5.90. The fourth-order valence-electron chi connectivity index (χ4n) is 2.35. The van der Waals surface area contributed by atoms with Gasteiger partial charge in [0.15, 0.2) is 12.3 Å². The molecule has 2 aromatic rings. The highest BCUT2D eigenvalue weighted by molar-refractivity contribution is 6.30. The van der Waals surface area contributed by atoms with Gasteiger partial charge in [0.05, 0.1) is 7.05 Å². The molecule has 0 saturated carbocycles. The normalized spacial score (nSPS) is 11.8. The van der Waals surface area contributed by atoms with E-state index in [1.165, 1.54) is 6.92 Å². The van der Waals surface area contributed by atoms with Crippen molar-refractivity contribution in [2.24, 2.45) is 0 Å². The summed E-state index contributed by atoms with van der Waals surface area (Å²) in [5.41, 5.74) is 2.31. The van der Waals surface area contributed by atoms with Crippen LogP contribution >= 0.6 is 11.6 Å². The number of anilines is 1. The molecule has 2 rings (SSSR count). The third-order valence-corrected chi connectivity index (χ3v) is 3.65. The van der Waals surface area contributed by atoms with E-state index in [0.29, 0.717) is 29.4 Å². The maximum atomic E-state index is 12.1. The van der Waals surface area contributed by atoms with Crippen LogP contribution in [0.3, 0.4) is 0 Å². The zero-order valence-electron chi connectivity index (χ0n) is 13.2. The topological polar surface area (TPSA) is 50.6 Å². The van der Waals surface area contributed by atoms with E-state index >= 15 is 0 Å². The second-order valence-corrected chi connectivity index (χ2v) is 6.06. The van der Waals surface area contributed by atoms with Crippen molar-refractivity contribution in [1.29, 1.82) is 0 Å². The van der Waals surface area contributed by atoms with Crippen LogP contribution in [0.15, 0.2) is 48.5 Å². The molecule has 0 heterocycles. The summed E-state index contributed by atoms with van der Waals surface area (Å²) in [6.07, 6.45) is 0. The maximum Gasteiger partial charge on any atom is 0.279 e. The number of ketones is 1. The number of Topliss-reactive ketones (excluding diaryl/α,β-unsaturated/α-hetero) is 1. The molecule has 1 atom stereocenters. The summed E-state index contributed by atoms with van der Waals surface area (Å²) in [5.74, 6) is -0.116. The van der Waals surface area contributed by atoms with Crippen LogP contribution in [0.1, 0.15) is 22.8 Å². The number of hydrogen-bond donors (Lipinski definition) is 2. The zero-order chi connectivity index (χ0) is 16.8. The van der Waals surface area contributed by atoms with Gasteiger partial charge in [0, 0.05) is 21.8 Å². The molecule has 0 aliphatic rings.